The van der Waals surface area contributed by atoms with Crippen LogP contribution in [0.3, 0.4) is 0 Å². The predicted molar refractivity (Wildman–Crippen MR) is 83.5 cm³/mol. The fraction of sp³-hybridized carbons (Fsp3) is 0.333. The molecule has 104 valence electrons. The molecule has 3 rings (SSSR count). The number of nitrogens with two attached hydrogens (primary N) is 1. The monoisotopic (exact) mass is 266 g/mol. The van der Waals surface area contributed by atoms with Crippen LogP contribution in [-0.4, -0.2) is 18.0 Å². The summed E-state index contributed by atoms with van der Waals surface area (Å²) in [6.07, 6.45) is 1.12. The highest BCUT2D eigenvalue weighted by molar-refractivity contribution is 5.32. The highest BCUT2D eigenvalue weighted by Gasteiger charge is 2.24. The zero-order valence-electron chi connectivity index (χ0n) is 12.0. The van der Waals surface area contributed by atoms with Crippen LogP contribution in [0.4, 0.5) is 0 Å². The third-order valence-electron chi connectivity index (χ3n) is 4.37. The Bertz CT molecular complexity index is 591. The van der Waals surface area contributed by atoms with Gasteiger partial charge in [0.1, 0.15) is 0 Å². The summed E-state index contributed by atoms with van der Waals surface area (Å²) in [5.74, 6) is 0. The van der Waals surface area contributed by atoms with Crippen LogP contribution in [0.25, 0.3) is 0 Å². The van der Waals surface area contributed by atoms with Gasteiger partial charge in [-0.3, -0.25) is 4.90 Å². The number of rotatable bonds is 3. The molecule has 2 nitrogen and oxygen atoms in total. The van der Waals surface area contributed by atoms with Crippen molar-refractivity contribution in [3.8, 4) is 0 Å². The Kier molecular flexibility index (Phi) is 3.86. The van der Waals surface area contributed by atoms with E-state index in [1.165, 1.54) is 22.3 Å². The molecule has 0 fully saturated rings. The lowest BCUT2D eigenvalue weighted by atomic mass is 9.94. The van der Waals surface area contributed by atoms with Crippen LogP contribution in [0.2, 0.25) is 0 Å². The summed E-state index contributed by atoms with van der Waals surface area (Å²) < 4.78 is 0. The SMILES string of the molecule is Cc1ccccc1C(CN)N1CCc2ccccc2C1. The van der Waals surface area contributed by atoms with E-state index in [4.69, 9.17) is 5.73 Å². The second-order valence-corrected chi connectivity index (χ2v) is 5.60. The first-order valence-corrected chi connectivity index (χ1v) is 7.36. The van der Waals surface area contributed by atoms with E-state index in [1.54, 1.807) is 0 Å². The lowest BCUT2D eigenvalue weighted by Crippen LogP contribution is -2.38. The van der Waals surface area contributed by atoms with Crippen LogP contribution >= 0.6 is 0 Å². The molecular weight excluding hydrogens is 244 g/mol. The Morgan fingerprint density at radius 1 is 1.05 bits per heavy atom. The van der Waals surface area contributed by atoms with Crippen LogP contribution < -0.4 is 5.73 Å². The fourth-order valence-corrected chi connectivity index (χ4v) is 3.22. The summed E-state index contributed by atoms with van der Waals surface area (Å²) >= 11 is 0. The van der Waals surface area contributed by atoms with Gasteiger partial charge < -0.3 is 5.73 Å². The molecule has 0 spiro atoms. The second kappa shape index (κ2) is 5.78. The molecule has 2 heteroatoms. The van der Waals surface area contributed by atoms with Gasteiger partial charge in [0.2, 0.25) is 0 Å². The highest BCUT2D eigenvalue weighted by atomic mass is 15.2. The minimum Gasteiger partial charge on any atom is -0.329 e. The molecule has 0 radical (unpaired) electrons. The van der Waals surface area contributed by atoms with Gasteiger partial charge in [-0.2, -0.15) is 0 Å². The molecule has 1 unspecified atom stereocenters. The number of aryl methyl sites for hydroxylation is 1. The van der Waals surface area contributed by atoms with Crippen molar-refractivity contribution in [3.05, 3.63) is 70.8 Å². The van der Waals surface area contributed by atoms with E-state index < -0.39 is 0 Å². The molecule has 0 saturated heterocycles. The molecule has 0 amide bonds. The van der Waals surface area contributed by atoms with Gasteiger partial charge in [0.25, 0.3) is 0 Å². The topological polar surface area (TPSA) is 29.3 Å². The Hall–Kier alpha value is -1.64. The number of nitrogens with zero attached hydrogens (tertiary/aromatic N) is 1. The number of benzene rings is 2. The van der Waals surface area contributed by atoms with Gasteiger partial charge in [0, 0.05) is 25.7 Å². The van der Waals surface area contributed by atoms with E-state index in [2.05, 4.69) is 60.4 Å². The normalized spacial score (nSPS) is 16.7. The Balaban J connectivity index is 1.87. The maximum Gasteiger partial charge on any atom is 0.0476 e. The highest BCUT2D eigenvalue weighted by Crippen LogP contribution is 2.28. The number of hydrogen-bond donors (Lipinski definition) is 1. The van der Waals surface area contributed by atoms with E-state index in [9.17, 15) is 0 Å². The van der Waals surface area contributed by atoms with Gasteiger partial charge in [-0.1, -0.05) is 48.5 Å². The van der Waals surface area contributed by atoms with E-state index in [-0.39, 0.29) is 0 Å². The maximum atomic E-state index is 6.08. The lowest BCUT2D eigenvalue weighted by Gasteiger charge is -2.36. The summed E-state index contributed by atoms with van der Waals surface area (Å²) in [4.78, 5) is 2.52. The average molecular weight is 266 g/mol. The van der Waals surface area contributed by atoms with E-state index >= 15 is 0 Å². The van der Waals surface area contributed by atoms with Crippen molar-refractivity contribution in [1.82, 2.24) is 4.90 Å². The molecule has 2 aromatic rings. The van der Waals surface area contributed by atoms with Crippen molar-refractivity contribution in [1.29, 1.82) is 0 Å². The van der Waals surface area contributed by atoms with Gasteiger partial charge >= 0.3 is 0 Å². The molecule has 1 aliphatic heterocycles. The maximum absolute atomic E-state index is 6.08. The van der Waals surface area contributed by atoms with Crippen molar-refractivity contribution in [3.63, 3.8) is 0 Å². The van der Waals surface area contributed by atoms with Crippen molar-refractivity contribution < 1.29 is 0 Å². The molecule has 2 N–H and O–H groups in total. The Morgan fingerprint density at radius 2 is 1.75 bits per heavy atom. The Labute approximate surface area is 121 Å². The summed E-state index contributed by atoms with van der Waals surface area (Å²) in [6, 6.07) is 17.7. The largest absolute Gasteiger partial charge is 0.329 e. The van der Waals surface area contributed by atoms with Crippen molar-refractivity contribution >= 4 is 0 Å². The number of hydrogen-bond acceptors (Lipinski definition) is 2. The lowest BCUT2D eigenvalue weighted by molar-refractivity contribution is 0.183. The third kappa shape index (κ3) is 2.49. The van der Waals surface area contributed by atoms with E-state index in [1.807, 2.05) is 0 Å². The smallest absolute Gasteiger partial charge is 0.0476 e. The van der Waals surface area contributed by atoms with Crippen molar-refractivity contribution in [2.75, 3.05) is 13.1 Å². The van der Waals surface area contributed by atoms with Gasteiger partial charge in [-0.25, -0.2) is 0 Å². The first-order valence-electron chi connectivity index (χ1n) is 7.36. The van der Waals surface area contributed by atoms with E-state index in [0.717, 1.165) is 19.5 Å². The summed E-state index contributed by atoms with van der Waals surface area (Å²) in [6.45, 7) is 4.95. The van der Waals surface area contributed by atoms with Gasteiger partial charge in [0.05, 0.1) is 0 Å². The minimum absolute atomic E-state index is 0.324. The molecule has 0 aliphatic carbocycles. The molecule has 1 heterocycles. The van der Waals surface area contributed by atoms with Crippen molar-refractivity contribution in [2.24, 2.45) is 5.73 Å². The zero-order chi connectivity index (χ0) is 13.9. The van der Waals surface area contributed by atoms with Crippen LogP contribution in [0, 0.1) is 6.92 Å². The number of fused-ring (bicyclic) bond motifs is 1. The minimum atomic E-state index is 0.324. The molecule has 1 atom stereocenters. The predicted octanol–water partition coefficient (Wildman–Crippen LogP) is 3.05. The van der Waals surface area contributed by atoms with Crippen LogP contribution in [0.5, 0.6) is 0 Å². The van der Waals surface area contributed by atoms with Crippen LogP contribution in [0.1, 0.15) is 28.3 Å². The van der Waals surface area contributed by atoms with Crippen LogP contribution in [0.15, 0.2) is 48.5 Å². The van der Waals surface area contributed by atoms with Gasteiger partial charge in [-0.05, 0) is 35.6 Å². The zero-order valence-corrected chi connectivity index (χ0v) is 12.0. The molecule has 0 aromatic heterocycles. The first-order chi connectivity index (χ1) is 9.79. The Morgan fingerprint density at radius 3 is 2.50 bits per heavy atom. The first kappa shape index (κ1) is 13.3. The molecule has 2 aromatic carbocycles. The molecule has 1 aliphatic rings. The fourth-order valence-electron chi connectivity index (χ4n) is 3.22. The second-order valence-electron chi connectivity index (χ2n) is 5.60. The van der Waals surface area contributed by atoms with Gasteiger partial charge in [-0.15, -0.1) is 0 Å². The molecule has 0 bridgehead atoms. The quantitative estimate of drug-likeness (QED) is 0.925. The summed E-state index contributed by atoms with van der Waals surface area (Å²) in [5.41, 5.74) is 11.7. The molecule has 20 heavy (non-hydrogen) atoms. The summed E-state index contributed by atoms with van der Waals surface area (Å²) in [5, 5.41) is 0. The average Bonchev–Trinajstić information content (AvgIpc) is 2.50. The summed E-state index contributed by atoms with van der Waals surface area (Å²) in [7, 11) is 0. The van der Waals surface area contributed by atoms with E-state index in [0.29, 0.717) is 12.6 Å². The third-order valence-corrected chi connectivity index (χ3v) is 4.37. The van der Waals surface area contributed by atoms with Gasteiger partial charge in [0.15, 0.2) is 0 Å². The molecule has 0 saturated carbocycles. The van der Waals surface area contributed by atoms with Crippen molar-refractivity contribution in [2.45, 2.75) is 25.9 Å². The molecular formula is C18H22N2. The standard InChI is InChI=1S/C18H22N2/c1-14-6-2-5-9-17(14)18(12-19)20-11-10-15-7-3-4-8-16(15)13-20/h2-9,18H,10-13,19H2,1H3. The van der Waals surface area contributed by atoms with Crippen LogP contribution in [-0.2, 0) is 13.0 Å².